The second-order valence-corrected chi connectivity index (χ2v) is 15.9. The fourth-order valence-corrected chi connectivity index (χ4v) is 10.5. The molecule has 4 fully saturated rings. The minimum absolute atomic E-state index is 0.00635. The van der Waals surface area contributed by atoms with Gasteiger partial charge in [-0.2, -0.15) is 25.0 Å². The number of nitrogens with zero attached hydrogens (tertiary/aromatic N) is 9. The van der Waals surface area contributed by atoms with Crippen LogP contribution < -0.4 is 15.4 Å². The van der Waals surface area contributed by atoms with Gasteiger partial charge in [0.05, 0.1) is 32.9 Å². The molecular weight excluding hydrogens is 729 g/mol. The Balaban J connectivity index is 1.19. The van der Waals surface area contributed by atoms with E-state index in [1.54, 1.807) is 6.07 Å². The van der Waals surface area contributed by atoms with E-state index in [0.717, 1.165) is 37.1 Å². The highest BCUT2D eigenvalue weighted by atomic mass is 35.5. The molecule has 3 unspecified atom stereocenters. The van der Waals surface area contributed by atoms with Gasteiger partial charge < -0.3 is 20.3 Å². The zero-order valence-corrected chi connectivity index (χ0v) is 30.2. The van der Waals surface area contributed by atoms with E-state index in [2.05, 4.69) is 24.9 Å². The molecule has 2 N–H and O–H groups in total. The lowest BCUT2D eigenvalue weighted by molar-refractivity contribution is 0.107. The number of piperidine rings is 1. The largest absolute Gasteiger partial charge is 0.461 e. The first-order chi connectivity index (χ1) is 25.6. The lowest BCUT2D eigenvalue weighted by Gasteiger charge is -2.41. The number of likely N-dealkylation sites (tertiary alicyclic amines) is 1. The van der Waals surface area contributed by atoms with Gasteiger partial charge in [-0.05, 0) is 63.3 Å². The molecule has 0 aliphatic carbocycles. The van der Waals surface area contributed by atoms with Crippen molar-refractivity contribution in [2.24, 2.45) is 0 Å². The summed E-state index contributed by atoms with van der Waals surface area (Å²) in [6.07, 6.45) is 5.81. The van der Waals surface area contributed by atoms with Crippen molar-refractivity contribution in [3.8, 4) is 23.2 Å². The minimum atomic E-state index is -0.969. The summed E-state index contributed by atoms with van der Waals surface area (Å²) in [5.41, 5.74) is 5.68. The van der Waals surface area contributed by atoms with Gasteiger partial charge in [-0.1, -0.05) is 17.7 Å². The molecule has 4 aliphatic rings. The van der Waals surface area contributed by atoms with Crippen molar-refractivity contribution in [3.05, 3.63) is 53.1 Å². The Hall–Kier alpha value is -4.72. The Morgan fingerprint density at radius 2 is 2.08 bits per heavy atom. The number of fused-ring (bicyclic) bond motifs is 4. The molecule has 4 saturated heterocycles. The van der Waals surface area contributed by atoms with E-state index in [-0.39, 0.29) is 79.1 Å². The first-order valence-electron chi connectivity index (χ1n) is 17.6. The first kappa shape index (κ1) is 34.1. The van der Waals surface area contributed by atoms with E-state index in [4.69, 9.17) is 27.1 Å². The van der Waals surface area contributed by atoms with Gasteiger partial charge in [-0.25, -0.2) is 22.9 Å². The third-order valence-electron chi connectivity index (χ3n) is 11.5. The van der Waals surface area contributed by atoms with Gasteiger partial charge >= 0.3 is 12.0 Å². The quantitative estimate of drug-likeness (QED) is 0.210. The van der Waals surface area contributed by atoms with E-state index in [1.807, 2.05) is 17.9 Å². The van der Waals surface area contributed by atoms with Crippen LogP contribution in [-0.2, 0) is 0 Å². The number of ether oxygens (including phenoxy) is 1. The second-order valence-electron chi connectivity index (χ2n) is 14.5. The molecule has 5 aromatic rings. The number of alkyl halides is 1. The van der Waals surface area contributed by atoms with Crippen LogP contribution in [0.1, 0.15) is 51.0 Å². The molecule has 0 bridgehead atoms. The van der Waals surface area contributed by atoms with Gasteiger partial charge in [0.2, 0.25) is 0 Å². The van der Waals surface area contributed by atoms with Crippen LogP contribution in [0.3, 0.4) is 0 Å². The van der Waals surface area contributed by atoms with Gasteiger partial charge in [-0.15, -0.1) is 11.3 Å². The number of halogens is 4. The Morgan fingerprint density at radius 1 is 1.23 bits per heavy atom. The van der Waals surface area contributed by atoms with Crippen molar-refractivity contribution in [1.82, 2.24) is 34.5 Å². The number of aromatic nitrogens is 5. The Bertz CT molecular complexity index is 2340. The topological polar surface area (TPSA) is 142 Å². The predicted octanol–water partition coefficient (Wildman–Crippen LogP) is 6.54. The molecule has 3 aromatic heterocycles. The monoisotopic (exact) mass is 762 g/mol. The summed E-state index contributed by atoms with van der Waals surface area (Å²) in [6, 6.07) is 5.33. The number of hydrogen-bond acceptors (Lipinski definition) is 11. The van der Waals surface area contributed by atoms with Crippen LogP contribution in [0.15, 0.2) is 30.9 Å². The lowest BCUT2D eigenvalue weighted by atomic mass is 9.94. The van der Waals surface area contributed by atoms with Crippen LogP contribution in [0.2, 0.25) is 5.02 Å². The van der Waals surface area contributed by atoms with Gasteiger partial charge in [0.1, 0.15) is 53.7 Å². The number of nitrogen functional groups attached to an aromatic ring is 1. The zero-order chi connectivity index (χ0) is 36.8. The zero-order valence-electron chi connectivity index (χ0n) is 28.6. The molecule has 9 rings (SSSR count). The highest BCUT2D eigenvalue weighted by Crippen LogP contribution is 2.47. The molecular formula is C36H34ClF3N10O2S. The first-order valence-corrected chi connectivity index (χ1v) is 18.8. The third kappa shape index (κ3) is 5.30. The van der Waals surface area contributed by atoms with Crippen molar-refractivity contribution in [3.63, 3.8) is 0 Å². The smallest absolute Gasteiger partial charge is 0.346 e. The maximum atomic E-state index is 17.3. The number of thiophene rings is 1. The second kappa shape index (κ2) is 12.7. The molecule has 4 aliphatic heterocycles. The lowest BCUT2D eigenvalue weighted by Crippen LogP contribution is -2.52. The Labute approximate surface area is 310 Å². The van der Waals surface area contributed by atoms with Crippen molar-refractivity contribution >= 4 is 60.8 Å². The van der Waals surface area contributed by atoms with Crippen LogP contribution >= 0.6 is 22.9 Å². The molecule has 53 heavy (non-hydrogen) atoms. The molecule has 5 atom stereocenters. The van der Waals surface area contributed by atoms with Crippen LogP contribution in [0.4, 0.5) is 28.8 Å². The summed E-state index contributed by atoms with van der Waals surface area (Å²) >= 11 is 7.86. The summed E-state index contributed by atoms with van der Waals surface area (Å²) in [4.78, 5) is 33.1. The fourth-order valence-electron chi connectivity index (χ4n) is 9.30. The van der Waals surface area contributed by atoms with Gasteiger partial charge in [-0.3, -0.25) is 4.90 Å². The van der Waals surface area contributed by atoms with Gasteiger partial charge in [0.15, 0.2) is 5.82 Å². The summed E-state index contributed by atoms with van der Waals surface area (Å²) in [6.45, 7) is 3.79. The van der Waals surface area contributed by atoms with Crippen molar-refractivity contribution < 1.29 is 22.7 Å². The molecule has 0 saturated carbocycles. The maximum absolute atomic E-state index is 17.3. The van der Waals surface area contributed by atoms with Crippen LogP contribution in [0.25, 0.3) is 32.1 Å². The summed E-state index contributed by atoms with van der Waals surface area (Å²) < 4.78 is 54.6. The van der Waals surface area contributed by atoms with E-state index >= 15 is 8.78 Å². The summed E-state index contributed by atoms with van der Waals surface area (Å²) in [7, 11) is 0. The van der Waals surface area contributed by atoms with E-state index < -0.39 is 23.3 Å². The van der Waals surface area contributed by atoms with E-state index in [1.165, 1.54) is 29.5 Å². The number of hydrogen-bond donors (Lipinski definition) is 1. The number of carbonyl (C=O) groups excluding carboxylic acids is 1. The molecule has 7 heterocycles. The highest BCUT2D eigenvalue weighted by Gasteiger charge is 2.50. The molecule has 17 heteroatoms. The number of nitriles is 1. The average Bonchev–Trinajstić information content (AvgIpc) is 3.96. The number of nitrogens with two attached hydrogens (primary N) is 1. The van der Waals surface area contributed by atoms with Crippen molar-refractivity contribution in [2.45, 2.75) is 75.3 Å². The number of anilines is 2. The van der Waals surface area contributed by atoms with Crippen molar-refractivity contribution in [1.29, 1.82) is 5.26 Å². The van der Waals surface area contributed by atoms with E-state index in [0.29, 0.717) is 43.6 Å². The number of carbonyl (C=O) groups is 1. The highest BCUT2D eigenvalue weighted by molar-refractivity contribution is 7.23. The summed E-state index contributed by atoms with van der Waals surface area (Å²) in [5, 5.41) is 14.6. The SMILES string of the molecule is CC1CC2C(CCCN2c2nc(OC[C@@]34CCCN3C[C@H](F)C4)nc3c(F)c(-c4ccc(F)c5sc(N)c(C#N)c45)c(Cl)cc23)N1C(=O)n1cncn1. The molecule has 0 spiro atoms. The van der Waals surface area contributed by atoms with Gasteiger partial charge in [0.25, 0.3) is 0 Å². The molecule has 2 aromatic carbocycles. The predicted molar refractivity (Wildman–Crippen MR) is 194 cm³/mol. The van der Waals surface area contributed by atoms with Crippen LogP contribution in [0.5, 0.6) is 6.01 Å². The Morgan fingerprint density at radius 3 is 2.87 bits per heavy atom. The fraction of sp³-hybridized carbons (Fsp3) is 0.444. The molecule has 1 amide bonds. The molecule has 0 radical (unpaired) electrons. The van der Waals surface area contributed by atoms with Crippen LogP contribution in [-0.4, -0.2) is 96.6 Å². The number of amides is 1. The van der Waals surface area contributed by atoms with Crippen molar-refractivity contribution in [2.75, 3.05) is 36.9 Å². The number of rotatable bonds is 5. The van der Waals surface area contributed by atoms with Gasteiger partial charge in [0, 0.05) is 41.9 Å². The standard InChI is InChI=1S/C36H34ClF3N10O2S/c1-18-10-26-25(50(18)35(51)49-17-43-16-44-49)4-2-9-48(26)33-21-11-23(37)28(20-5-6-24(39)31-27(20)22(13-41)32(42)53-31)29(40)30(21)45-34(46-33)52-15-36-7-3-8-47(36)14-19(38)12-36/h5-6,11,16-19,25-26H,2-4,7-10,12,14-15,42H2,1H3/t18?,19-,25?,26?,36+/m1/s1. The number of benzene rings is 2. The molecule has 12 nitrogen and oxygen atoms in total. The third-order valence-corrected chi connectivity index (χ3v) is 12.9. The van der Waals surface area contributed by atoms with E-state index in [9.17, 15) is 14.4 Å². The maximum Gasteiger partial charge on any atom is 0.346 e. The Kier molecular flexibility index (Phi) is 8.17. The normalized spacial score (nSPS) is 25.7. The minimum Gasteiger partial charge on any atom is -0.461 e. The summed E-state index contributed by atoms with van der Waals surface area (Å²) in [5.74, 6) is -1.00. The van der Waals surface area contributed by atoms with Crippen LogP contribution in [0, 0.1) is 23.0 Å². The average molecular weight is 763 g/mol. The molecule has 274 valence electrons.